The molecule has 0 spiro atoms. The van der Waals surface area contributed by atoms with Crippen molar-refractivity contribution in [2.75, 3.05) is 13.1 Å². The molecule has 2 nitrogen and oxygen atoms in total. The number of hydrogen-bond donors (Lipinski definition) is 1. The van der Waals surface area contributed by atoms with Crippen LogP contribution < -0.4 is 0 Å². The molecule has 0 amide bonds. The SMILES string of the molecule is C/C=C1/[C@H](O)C[C@H]2[C@@H]3CCC4C[C@H](N5CCCC5)CC[C@]4(C)[C@H]3CC[C@]12C. The quantitative estimate of drug-likeness (QED) is 0.623. The van der Waals surface area contributed by atoms with Gasteiger partial charge in [-0.3, -0.25) is 0 Å². The van der Waals surface area contributed by atoms with Gasteiger partial charge in [-0.05, 0) is 124 Å². The van der Waals surface area contributed by atoms with Crippen LogP contribution in [0.15, 0.2) is 11.6 Å². The second-order valence-electron chi connectivity index (χ2n) is 11.3. The second-order valence-corrected chi connectivity index (χ2v) is 11.3. The summed E-state index contributed by atoms with van der Waals surface area (Å²) in [6, 6.07) is 0.888. The normalized spacial score (nSPS) is 54.6. The largest absolute Gasteiger partial charge is 0.389 e. The van der Waals surface area contributed by atoms with Gasteiger partial charge in [-0.15, -0.1) is 0 Å². The van der Waals surface area contributed by atoms with Gasteiger partial charge in [-0.25, -0.2) is 0 Å². The van der Waals surface area contributed by atoms with E-state index in [0.717, 1.165) is 36.1 Å². The Morgan fingerprint density at radius 1 is 0.963 bits per heavy atom. The third-order valence-corrected chi connectivity index (χ3v) is 10.5. The van der Waals surface area contributed by atoms with Gasteiger partial charge in [0.2, 0.25) is 0 Å². The van der Waals surface area contributed by atoms with Gasteiger partial charge in [0.15, 0.2) is 0 Å². The molecule has 1 unspecified atom stereocenters. The minimum atomic E-state index is -0.166. The van der Waals surface area contributed by atoms with Gasteiger partial charge >= 0.3 is 0 Å². The Hall–Kier alpha value is -0.340. The van der Waals surface area contributed by atoms with Crippen LogP contribution in [-0.4, -0.2) is 35.2 Å². The van der Waals surface area contributed by atoms with Crippen molar-refractivity contribution >= 4 is 0 Å². The van der Waals surface area contributed by atoms with Crippen LogP contribution in [0.3, 0.4) is 0 Å². The second kappa shape index (κ2) is 6.59. The fraction of sp³-hybridized carbons (Fsp3) is 0.920. The highest BCUT2D eigenvalue weighted by Gasteiger charge is 2.60. The topological polar surface area (TPSA) is 23.5 Å². The predicted molar refractivity (Wildman–Crippen MR) is 111 cm³/mol. The monoisotopic (exact) mass is 371 g/mol. The molecule has 0 aromatic carbocycles. The molecule has 2 heteroatoms. The Morgan fingerprint density at radius 3 is 2.48 bits per heavy atom. The molecular weight excluding hydrogens is 330 g/mol. The van der Waals surface area contributed by atoms with Crippen LogP contribution in [0, 0.1) is 34.5 Å². The molecule has 27 heavy (non-hydrogen) atoms. The van der Waals surface area contributed by atoms with Gasteiger partial charge in [0.1, 0.15) is 0 Å². The van der Waals surface area contributed by atoms with Crippen LogP contribution >= 0.6 is 0 Å². The van der Waals surface area contributed by atoms with Gasteiger partial charge < -0.3 is 10.0 Å². The zero-order valence-electron chi connectivity index (χ0n) is 17.9. The van der Waals surface area contributed by atoms with E-state index in [-0.39, 0.29) is 11.5 Å². The summed E-state index contributed by atoms with van der Waals surface area (Å²) < 4.78 is 0. The smallest absolute Gasteiger partial charge is 0.0758 e. The van der Waals surface area contributed by atoms with Crippen LogP contribution in [0.5, 0.6) is 0 Å². The van der Waals surface area contributed by atoms with E-state index in [1.54, 1.807) is 0 Å². The molecule has 5 aliphatic rings. The zero-order valence-corrected chi connectivity index (χ0v) is 17.9. The van der Waals surface area contributed by atoms with Crippen molar-refractivity contribution in [3.63, 3.8) is 0 Å². The molecule has 1 N–H and O–H groups in total. The summed E-state index contributed by atoms with van der Waals surface area (Å²) in [7, 11) is 0. The zero-order chi connectivity index (χ0) is 18.8. The minimum absolute atomic E-state index is 0.166. The lowest BCUT2D eigenvalue weighted by molar-refractivity contribution is -0.109. The minimum Gasteiger partial charge on any atom is -0.389 e. The number of nitrogens with zero attached hydrogens (tertiary/aromatic N) is 1. The van der Waals surface area contributed by atoms with Gasteiger partial charge in [-0.2, -0.15) is 0 Å². The van der Waals surface area contributed by atoms with Crippen molar-refractivity contribution in [2.24, 2.45) is 34.5 Å². The number of rotatable bonds is 1. The van der Waals surface area contributed by atoms with Crippen molar-refractivity contribution < 1.29 is 5.11 Å². The van der Waals surface area contributed by atoms with E-state index in [9.17, 15) is 5.11 Å². The Balaban J connectivity index is 1.37. The summed E-state index contributed by atoms with van der Waals surface area (Å²) in [6.45, 7) is 10.0. The summed E-state index contributed by atoms with van der Waals surface area (Å²) in [5.41, 5.74) is 2.23. The lowest BCUT2D eigenvalue weighted by atomic mass is 9.45. The summed E-state index contributed by atoms with van der Waals surface area (Å²) >= 11 is 0. The van der Waals surface area contributed by atoms with E-state index in [1.165, 1.54) is 76.5 Å². The number of aliphatic hydroxyl groups excluding tert-OH is 1. The summed E-state index contributed by atoms with van der Waals surface area (Å²) in [5, 5.41) is 10.8. The molecule has 0 aromatic rings. The summed E-state index contributed by atoms with van der Waals surface area (Å²) in [6.07, 6.45) is 16.0. The Labute approximate surface area is 166 Å². The molecule has 1 heterocycles. The van der Waals surface area contributed by atoms with Crippen molar-refractivity contribution in [1.29, 1.82) is 0 Å². The van der Waals surface area contributed by atoms with Gasteiger partial charge in [-0.1, -0.05) is 19.9 Å². The molecule has 1 saturated heterocycles. The van der Waals surface area contributed by atoms with Crippen molar-refractivity contribution in [1.82, 2.24) is 4.90 Å². The number of fused-ring (bicyclic) bond motifs is 5. The standard InChI is InChI=1S/C25H41NO/c1-4-20-23(27)16-22-19-8-7-17-15-18(26-13-5-6-14-26)9-11-24(17,2)21(19)10-12-25(20,22)3/h4,17-19,21-23,27H,5-16H2,1-3H3/b20-4-/t17?,18-,19-,21+,22+,23-,24+,25-/m1/s1. The Kier molecular flexibility index (Phi) is 4.56. The fourth-order valence-corrected chi connectivity index (χ4v) is 9.06. The van der Waals surface area contributed by atoms with Crippen LogP contribution in [0.25, 0.3) is 0 Å². The number of allylic oxidation sites excluding steroid dienone is 1. The lowest BCUT2D eigenvalue weighted by Crippen LogP contribution is -2.54. The summed E-state index contributed by atoms with van der Waals surface area (Å²) in [4.78, 5) is 2.83. The maximum Gasteiger partial charge on any atom is 0.0758 e. The predicted octanol–water partition coefficient (Wildman–Crippen LogP) is 5.41. The van der Waals surface area contributed by atoms with Gasteiger partial charge in [0.05, 0.1) is 6.10 Å². The molecule has 0 radical (unpaired) electrons. The highest BCUT2D eigenvalue weighted by Crippen LogP contribution is 2.67. The first-order chi connectivity index (χ1) is 13.0. The van der Waals surface area contributed by atoms with Gasteiger partial charge in [0.25, 0.3) is 0 Å². The average molecular weight is 372 g/mol. The number of aliphatic hydroxyl groups is 1. The first kappa shape index (κ1) is 18.7. The molecule has 5 rings (SSSR count). The van der Waals surface area contributed by atoms with E-state index in [2.05, 4.69) is 31.7 Å². The van der Waals surface area contributed by atoms with Crippen LogP contribution in [-0.2, 0) is 0 Å². The van der Waals surface area contributed by atoms with E-state index in [4.69, 9.17) is 0 Å². The molecule has 1 aliphatic heterocycles. The third kappa shape index (κ3) is 2.65. The Morgan fingerprint density at radius 2 is 1.74 bits per heavy atom. The molecular formula is C25H41NO. The van der Waals surface area contributed by atoms with E-state index >= 15 is 0 Å². The third-order valence-electron chi connectivity index (χ3n) is 10.5. The van der Waals surface area contributed by atoms with E-state index in [0.29, 0.717) is 5.41 Å². The molecule has 8 atom stereocenters. The molecule has 0 aromatic heterocycles. The van der Waals surface area contributed by atoms with E-state index in [1.807, 2.05) is 0 Å². The molecule has 4 saturated carbocycles. The van der Waals surface area contributed by atoms with Crippen molar-refractivity contribution in [3.05, 3.63) is 11.6 Å². The number of hydrogen-bond acceptors (Lipinski definition) is 2. The summed E-state index contributed by atoms with van der Waals surface area (Å²) in [5.74, 6) is 3.46. The lowest BCUT2D eigenvalue weighted by Gasteiger charge is -2.61. The maximum atomic E-state index is 10.8. The molecule has 5 fully saturated rings. The molecule has 4 aliphatic carbocycles. The van der Waals surface area contributed by atoms with Gasteiger partial charge in [0, 0.05) is 6.04 Å². The van der Waals surface area contributed by atoms with Crippen LogP contribution in [0.4, 0.5) is 0 Å². The molecule has 0 bridgehead atoms. The number of likely N-dealkylation sites (tertiary alicyclic amines) is 1. The first-order valence-electron chi connectivity index (χ1n) is 12.1. The van der Waals surface area contributed by atoms with Crippen molar-refractivity contribution in [3.8, 4) is 0 Å². The maximum absolute atomic E-state index is 10.8. The van der Waals surface area contributed by atoms with Crippen molar-refractivity contribution in [2.45, 2.75) is 97.1 Å². The van der Waals surface area contributed by atoms with Crippen LogP contribution in [0.2, 0.25) is 0 Å². The average Bonchev–Trinajstić information content (AvgIpc) is 3.26. The highest BCUT2D eigenvalue weighted by atomic mass is 16.3. The fourth-order valence-electron chi connectivity index (χ4n) is 9.06. The van der Waals surface area contributed by atoms with Crippen LogP contribution in [0.1, 0.15) is 85.0 Å². The molecule has 152 valence electrons. The Bertz CT molecular complexity index is 607. The van der Waals surface area contributed by atoms with E-state index < -0.39 is 0 Å². The first-order valence-corrected chi connectivity index (χ1v) is 12.1. The highest BCUT2D eigenvalue weighted by molar-refractivity contribution is 5.27.